The first-order valence-electron chi connectivity index (χ1n) is 9.06. The van der Waals surface area contributed by atoms with E-state index in [0.717, 1.165) is 28.7 Å². The molecule has 1 N–H and O–H groups in total. The Bertz CT molecular complexity index is 908. The van der Waals surface area contributed by atoms with E-state index in [4.69, 9.17) is 0 Å². The average molecular weight is 381 g/mol. The van der Waals surface area contributed by atoms with E-state index >= 15 is 0 Å². The number of anilines is 1. The van der Waals surface area contributed by atoms with Crippen molar-refractivity contribution in [3.05, 3.63) is 60.2 Å². The van der Waals surface area contributed by atoms with Crippen molar-refractivity contribution in [1.29, 1.82) is 0 Å². The van der Waals surface area contributed by atoms with Gasteiger partial charge in [-0.15, -0.1) is 10.2 Å². The maximum absolute atomic E-state index is 12.4. The Kier molecular flexibility index (Phi) is 6.29. The van der Waals surface area contributed by atoms with Crippen molar-refractivity contribution in [3.8, 4) is 11.4 Å². The summed E-state index contributed by atoms with van der Waals surface area (Å²) in [5.74, 6) is 1.44. The number of thioether (sulfide) groups is 1. The fourth-order valence-corrected chi connectivity index (χ4v) is 3.57. The number of nitrogens with zero attached hydrogens (tertiary/aromatic N) is 3. The van der Waals surface area contributed by atoms with Gasteiger partial charge in [-0.3, -0.25) is 4.79 Å². The monoisotopic (exact) mass is 380 g/mol. The van der Waals surface area contributed by atoms with Crippen molar-refractivity contribution in [2.75, 3.05) is 11.1 Å². The molecule has 0 radical (unpaired) electrons. The molecular weight excluding hydrogens is 356 g/mol. The molecule has 1 amide bonds. The third kappa shape index (κ3) is 4.57. The summed E-state index contributed by atoms with van der Waals surface area (Å²) in [5.41, 5.74) is 3.06. The molecule has 0 unspecified atom stereocenters. The van der Waals surface area contributed by atoms with Crippen molar-refractivity contribution in [1.82, 2.24) is 14.8 Å². The maximum atomic E-state index is 12.4. The molecule has 0 aliphatic heterocycles. The maximum Gasteiger partial charge on any atom is 0.234 e. The normalized spacial score (nSPS) is 12.0. The Labute approximate surface area is 164 Å². The summed E-state index contributed by atoms with van der Waals surface area (Å²) in [4.78, 5) is 12.4. The van der Waals surface area contributed by atoms with Gasteiger partial charge in [0.2, 0.25) is 5.91 Å². The Morgan fingerprint density at radius 2 is 1.81 bits per heavy atom. The van der Waals surface area contributed by atoms with Crippen molar-refractivity contribution >= 4 is 23.4 Å². The summed E-state index contributed by atoms with van der Waals surface area (Å²) >= 11 is 1.39. The lowest BCUT2D eigenvalue weighted by atomic mass is 9.97. The summed E-state index contributed by atoms with van der Waals surface area (Å²) < 4.78 is 1.92. The number of para-hydroxylation sites is 1. The van der Waals surface area contributed by atoms with E-state index in [-0.39, 0.29) is 11.7 Å². The molecule has 3 rings (SSSR count). The zero-order valence-electron chi connectivity index (χ0n) is 15.8. The van der Waals surface area contributed by atoms with Crippen LogP contribution in [-0.2, 0) is 11.8 Å². The minimum Gasteiger partial charge on any atom is -0.325 e. The molecule has 0 bridgehead atoms. The van der Waals surface area contributed by atoms with Crippen molar-refractivity contribution in [2.24, 2.45) is 7.05 Å². The molecule has 0 spiro atoms. The first-order valence-corrected chi connectivity index (χ1v) is 10.0. The number of amides is 1. The predicted molar refractivity (Wildman–Crippen MR) is 111 cm³/mol. The van der Waals surface area contributed by atoms with Gasteiger partial charge >= 0.3 is 0 Å². The smallest absolute Gasteiger partial charge is 0.234 e. The number of hydrogen-bond donors (Lipinski definition) is 1. The van der Waals surface area contributed by atoms with Crippen LogP contribution in [0.4, 0.5) is 5.69 Å². The third-order valence-electron chi connectivity index (χ3n) is 4.58. The van der Waals surface area contributed by atoms with Gasteiger partial charge in [-0.05, 0) is 24.0 Å². The Morgan fingerprint density at radius 3 is 2.56 bits per heavy atom. The van der Waals surface area contributed by atoms with Crippen LogP contribution in [0.1, 0.15) is 31.7 Å². The van der Waals surface area contributed by atoms with Gasteiger partial charge in [-0.2, -0.15) is 0 Å². The lowest BCUT2D eigenvalue weighted by molar-refractivity contribution is -0.113. The molecule has 0 aliphatic rings. The highest BCUT2D eigenvalue weighted by Crippen LogP contribution is 2.27. The molecule has 5 nitrogen and oxygen atoms in total. The van der Waals surface area contributed by atoms with E-state index in [1.807, 2.05) is 60.1 Å². The number of nitrogens with one attached hydrogen (secondary N) is 1. The topological polar surface area (TPSA) is 59.8 Å². The van der Waals surface area contributed by atoms with Crippen LogP contribution >= 0.6 is 11.8 Å². The van der Waals surface area contributed by atoms with E-state index in [2.05, 4.69) is 35.4 Å². The lowest BCUT2D eigenvalue weighted by Gasteiger charge is -2.15. The second-order valence-electron chi connectivity index (χ2n) is 6.46. The second-order valence-corrected chi connectivity index (χ2v) is 7.41. The number of carbonyl (C=O) groups excluding carboxylic acids is 1. The molecule has 1 atom stereocenters. The zero-order chi connectivity index (χ0) is 19.2. The quantitative estimate of drug-likeness (QED) is 0.602. The van der Waals surface area contributed by atoms with E-state index in [9.17, 15) is 4.79 Å². The molecule has 0 saturated heterocycles. The highest BCUT2D eigenvalue weighted by Gasteiger charge is 2.14. The van der Waals surface area contributed by atoms with Crippen LogP contribution in [0.15, 0.2) is 59.8 Å². The Hall–Kier alpha value is -2.60. The summed E-state index contributed by atoms with van der Waals surface area (Å²) in [5, 5.41) is 12.2. The zero-order valence-corrected chi connectivity index (χ0v) is 16.7. The van der Waals surface area contributed by atoms with E-state index in [1.165, 1.54) is 17.3 Å². The third-order valence-corrected chi connectivity index (χ3v) is 5.60. The van der Waals surface area contributed by atoms with E-state index < -0.39 is 0 Å². The summed E-state index contributed by atoms with van der Waals surface area (Å²) in [6.45, 7) is 4.32. The first-order chi connectivity index (χ1) is 13.1. The Balaban J connectivity index is 1.65. The van der Waals surface area contributed by atoms with Gasteiger partial charge in [0.25, 0.3) is 0 Å². The van der Waals surface area contributed by atoms with Crippen LogP contribution in [0.2, 0.25) is 0 Å². The summed E-state index contributed by atoms with van der Waals surface area (Å²) in [6, 6.07) is 17.9. The lowest BCUT2D eigenvalue weighted by Crippen LogP contribution is -2.16. The molecule has 1 aromatic heterocycles. The molecule has 1 heterocycles. The minimum atomic E-state index is -0.0417. The standard InChI is InChI=1S/C21H24N4OS/c1-4-15(2)17-12-8-9-13-18(17)22-19(26)14-27-21-24-23-20(25(21)3)16-10-6-5-7-11-16/h5-13,15H,4,14H2,1-3H3,(H,22,26)/t15-/m1/s1. The average Bonchev–Trinajstić information content (AvgIpc) is 3.07. The molecule has 140 valence electrons. The molecular formula is C21H24N4OS. The van der Waals surface area contributed by atoms with E-state index in [1.54, 1.807) is 0 Å². The molecule has 6 heteroatoms. The van der Waals surface area contributed by atoms with Gasteiger partial charge in [-0.1, -0.05) is 74.1 Å². The highest BCUT2D eigenvalue weighted by molar-refractivity contribution is 7.99. The highest BCUT2D eigenvalue weighted by atomic mass is 32.2. The van der Waals surface area contributed by atoms with Crippen LogP contribution in [0, 0.1) is 0 Å². The van der Waals surface area contributed by atoms with Gasteiger partial charge < -0.3 is 9.88 Å². The molecule has 3 aromatic rings. The fraction of sp³-hybridized carbons (Fsp3) is 0.286. The summed E-state index contributed by atoms with van der Waals surface area (Å²) in [6.07, 6.45) is 1.03. The van der Waals surface area contributed by atoms with Gasteiger partial charge in [0.05, 0.1) is 5.75 Å². The minimum absolute atomic E-state index is 0.0417. The number of rotatable bonds is 7. The molecule has 0 fully saturated rings. The largest absolute Gasteiger partial charge is 0.325 e. The van der Waals surface area contributed by atoms with E-state index in [0.29, 0.717) is 5.92 Å². The van der Waals surface area contributed by atoms with Gasteiger partial charge in [0.15, 0.2) is 11.0 Å². The van der Waals surface area contributed by atoms with Crippen molar-refractivity contribution in [2.45, 2.75) is 31.3 Å². The predicted octanol–water partition coefficient (Wildman–Crippen LogP) is 4.73. The number of aromatic nitrogens is 3. The SMILES string of the molecule is CC[C@@H](C)c1ccccc1NC(=O)CSc1nnc(-c2ccccc2)n1C. The first kappa shape index (κ1) is 19.2. The fourth-order valence-electron chi connectivity index (χ4n) is 2.86. The second kappa shape index (κ2) is 8.86. The number of carbonyl (C=O) groups is 1. The van der Waals surface area contributed by atoms with Gasteiger partial charge in [-0.25, -0.2) is 0 Å². The van der Waals surface area contributed by atoms with Crippen molar-refractivity contribution in [3.63, 3.8) is 0 Å². The van der Waals surface area contributed by atoms with Crippen LogP contribution < -0.4 is 5.32 Å². The van der Waals surface area contributed by atoms with Gasteiger partial charge in [0, 0.05) is 18.3 Å². The van der Waals surface area contributed by atoms with Crippen LogP contribution in [-0.4, -0.2) is 26.4 Å². The molecule has 0 aliphatic carbocycles. The molecule has 0 saturated carbocycles. The van der Waals surface area contributed by atoms with Gasteiger partial charge in [0.1, 0.15) is 0 Å². The number of benzene rings is 2. The van der Waals surface area contributed by atoms with Crippen LogP contribution in [0.25, 0.3) is 11.4 Å². The molecule has 27 heavy (non-hydrogen) atoms. The summed E-state index contributed by atoms with van der Waals surface area (Å²) in [7, 11) is 1.92. The van der Waals surface area contributed by atoms with Crippen LogP contribution in [0.5, 0.6) is 0 Å². The Morgan fingerprint density at radius 1 is 1.11 bits per heavy atom. The van der Waals surface area contributed by atoms with Crippen LogP contribution in [0.3, 0.4) is 0 Å². The number of hydrogen-bond acceptors (Lipinski definition) is 4. The van der Waals surface area contributed by atoms with Crippen molar-refractivity contribution < 1.29 is 4.79 Å². The molecule has 2 aromatic carbocycles.